The zero-order valence-electron chi connectivity index (χ0n) is 11.6. The van der Waals surface area contributed by atoms with Crippen molar-refractivity contribution < 1.29 is 9.53 Å². The van der Waals surface area contributed by atoms with Gasteiger partial charge in [-0.15, -0.1) is 0 Å². The Kier molecular flexibility index (Phi) is 4.79. The highest BCUT2D eigenvalue weighted by Crippen LogP contribution is 2.28. The van der Waals surface area contributed by atoms with Crippen LogP contribution in [0.3, 0.4) is 0 Å². The van der Waals surface area contributed by atoms with E-state index in [1.165, 1.54) is 5.56 Å². The summed E-state index contributed by atoms with van der Waals surface area (Å²) in [5.74, 6) is 0.809. The molecule has 0 heterocycles. The number of benzene rings is 1. The molecule has 1 aromatic carbocycles. The monoisotopic (exact) mass is 313 g/mol. The molecule has 1 aromatic rings. The van der Waals surface area contributed by atoms with E-state index in [9.17, 15) is 4.79 Å². The topological polar surface area (TPSA) is 29.5 Å². The molecule has 3 nitrogen and oxygen atoms in total. The quantitative estimate of drug-likeness (QED) is 0.625. The lowest BCUT2D eigenvalue weighted by molar-refractivity contribution is 0.232. The van der Waals surface area contributed by atoms with Crippen LogP contribution in [0.5, 0.6) is 5.75 Å². The van der Waals surface area contributed by atoms with Crippen LogP contribution in [0, 0.1) is 0 Å². The van der Waals surface area contributed by atoms with Crippen LogP contribution in [0.15, 0.2) is 18.2 Å². The Bertz CT molecular complexity index is 438. The highest BCUT2D eigenvalue weighted by Gasteiger charge is 2.17. The highest BCUT2D eigenvalue weighted by molar-refractivity contribution is 9.18. The molecule has 4 heteroatoms. The maximum atomic E-state index is 11.2. The minimum Gasteiger partial charge on any atom is -0.496 e. The minimum atomic E-state index is -0.134. The zero-order chi connectivity index (χ0) is 13.9. The number of ether oxygens (including phenoxy) is 1. The predicted octanol–water partition coefficient (Wildman–Crippen LogP) is 3.94. The zero-order valence-corrected chi connectivity index (χ0v) is 13.2. The number of amides is 1. The molecule has 18 heavy (non-hydrogen) atoms. The molecule has 0 spiro atoms. The van der Waals surface area contributed by atoms with E-state index >= 15 is 0 Å². The number of hydrogen-bond acceptors (Lipinski definition) is 2. The van der Waals surface area contributed by atoms with Crippen molar-refractivity contribution in [3.05, 3.63) is 29.3 Å². The number of nitrogens with zero attached hydrogens (tertiary/aromatic N) is 1. The van der Waals surface area contributed by atoms with Gasteiger partial charge in [-0.1, -0.05) is 26.8 Å². The summed E-state index contributed by atoms with van der Waals surface area (Å²) < 4.78 is 5.34. The van der Waals surface area contributed by atoms with Crippen molar-refractivity contribution >= 4 is 20.7 Å². The average Bonchev–Trinajstić information content (AvgIpc) is 2.27. The Morgan fingerprint density at radius 2 is 2.00 bits per heavy atom. The van der Waals surface area contributed by atoms with Gasteiger partial charge >= 0.3 is 0 Å². The molecule has 0 atom stereocenters. The van der Waals surface area contributed by atoms with E-state index in [0.29, 0.717) is 6.54 Å². The standard InChI is InChI=1S/C14H20BrNO2/c1-14(2,3)11-6-7-12(18-5)10(8-11)9-16(4)13(15)17/h6-8H,9H2,1-5H3. The second kappa shape index (κ2) is 5.74. The maximum Gasteiger partial charge on any atom is 0.289 e. The Morgan fingerprint density at radius 1 is 1.39 bits per heavy atom. The van der Waals surface area contributed by atoms with Crippen molar-refractivity contribution in [2.24, 2.45) is 0 Å². The number of halogens is 1. The summed E-state index contributed by atoms with van der Waals surface area (Å²) in [7, 11) is 3.39. The Balaban J connectivity index is 3.10. The normalized spacial score (nSPS) is 11.2. The Morgan fingerprint density at radius 3 is 2.44 bits per heavy atom. The number of carbonyl (C=O) groups excluding carboxylic acids is 1. The highest BCUT2D eigenvalue weighted by atomic mass is 79.9. The predicted molar refractivity (Wildman–Crippen MR) is 77.5 cm³/mol. The van der Waals surface area contributed by atoms with Crippen LogP contribution in [0.2, 0.25) is 0 Å². The molecule has 0 saturated carbocycles. The molecular weight excluding hydrogens is 294 g/mol. The van der Waals surface area contributed by atoms with Gasteiger partial charge in [0.15, 0.2) is 0 Å². The lowest BCUT2D eigenvalue weighted by atomic mass is 9.86. The van der Waals surface area contributed by atoms with Gasteiger partial charge in [0.05, 0.1) is 7.11 Å². The van der Waals surface area contributed by atoms with Gasteiger partial charge in [-0.3, -0.25) is 4.79 Å². The molecule has 0 aliphatic heterocycles. The first kappa shape index (κ1) is 15.0. The SMILES string of the molecule is COc1ccc(C(C)(C)C)cc1CN(C)C(=O)Br. The van der Waals surface area contributed by atoms with Crippen molar-refractivity contribution in [1.29, 1.82) is 0 Å². The van der Waals surface area contributed by atoms with Crippen LogP contribution in [-0.2, 0) is 12.0 Å². The van der Waals surface area contributed by atoms with Crippen molar-refractivity contribution in [1.82, 2.24) is 4.90 Å². The summed E-state index contributed by atoms with van der Waals surface area (Å²) in [4.78, 5) is 12.7. The molecule has 0 aliphatic carbocycles. The van der Waals surface area contributed by atoms with Crippen LogP contribution in [0.4, 0.5) is 4.79 Å². The van der Waals surface area contributed by atoms with Gasteiger partial charge in [0, 0.05) is 35.1 Å². The number of methoxy groups -OCH3 is 1. The summed E-state index contributed by atoms with van der Waals surface area (Å²) in [6.45, 7) is 7.02. The van der Waals surface area contributed by atoms with Crippen LogP contribution in [-0.4, -0.2) is 23.9 Å². The van der Waals surface area contributed by atoms with E-state index in [-0.39, 0.29) is 10.2 Å². The average molecular weight is 314 g/mol. The summed E-state index contributed by atoms with van der Waals surface area (Å²) in [6, 6.07) is 6.13. The molecule has 0 bridgehead atoms. The van der Waals surface area contributed by atoms with Gasteiger partial charge in [-0.2, -0.15) is 0 Å². The van der Waals surface area contributed by atoms with E-state index < -0.39 is 0 Å². The van der Waals surface area contributed by atoms with E-state index in [4.69, 9.17) is 4.74 Å². The van der Waals surface area contributed by atoms with Crippen molar-refractivity contribution in [3.63, 3.8) is 0 Å². The maximum absolute atomic E-state index is 11.2. The molecule has 0 unspecified atom stereocenters. The Hall–Kier alpha value is -1.03. The largest absolute Gasteiger partial charge is 0.496 e. The van der Waals surface area contributed by atoms with Crippen molar-refractivity contribution in [3.8, 4) is 5.75 Å². The third-order valence-corrected chi connectivity index (χ3v) is 3.46. The van der Waals surface area contributed by atoms with Crippen LogP contribution in [0.25, 0.3) is 0 Å². The van der Waals surface area contributed by atoms with Crippen molar-refractivity contribution in [2.45, 2.75) is 32.7 Å². The fourth-order valence-corrected chi connectivity index (χ4v) is 1.81. The molecule has 0 N–H and O–H groups in total. The molecule has 100 valence electrons. The third kappa shape index (κ3) is 3.73. The molecule has 0 saturated heterocycles. The van der Waals surface area contributed by atoms with Gasteiger partial charge in [0.2, 0.25) is 0 Å². The van der Waals surface area contributed by atoms with Gasteiger partial charge in [0.25, 0.3) is 4.82 Å². The molecule has 0 aliphatic rings. The lowest BCUT2D eigenvalue weighted by Crippen LogP contribution is -2.21. The molecule has 0 fully saturated rings. The minimum absolute atomic E-state index is 0.0814. The van der Waals surface area contributed by atoms with Crippen molar-refractivity contribution in [2.75, 3.05) is 14.2 Å². The smallest absolute Gasteiger partial charge is 0.289 e. The van der Waals surface area contributed by atoms with E-state index in [1.807, 2.05) is 6.07 Å². The van der Waals surface area contributed by atoms with E-state index in [1.54, 1.807) is 19.1 Å². The first-order valence-electron chi connectivity index (χ1n) is 5.83. The summed E-state index contributed by atoms with van der Waals surface area (Å²) in [6.07, 6.45) is 0. The fraction of sp³-hybridized carbons (Fsp3) is 0.500. The fourth-order valence-electron chi connectivity index (χ4n) is 1.69. The first-order chi connectivity index (χ1) is 8.25. The number of carbonyl (C=O) groups is 1. The van der Waals surface area contributed by atoms with Gasteiger partial charge in [0.1, 0.15) is 5.75 Å². The second-order valence-corrected chi connectivity index (χ2v) is 6.06. The summed E-state index contributed by atoms with van der Waals surface area (Å²) >= 11 is 2.95. The first-order valence-corrected chi connectivity index (χ1v) is 6.63. The molecular formula is C14H20BrNO2. The van der Waals surface area contributed by atoms with E-state index in [2.05, 4.69) is 48.8 Å². The second-order valence-electron chi connectivity index (χ2n) is 5.39. The number of hydrogen-bond donors (Lipinski definition) is 0. The third-order valence-electron chi connectivity index (χ3n) is 2.85. The molecule has 1 rings (SSSR count). The summed E-state index contributed by atoms with van der Waals surface area (Å²) in [5.41, 5.74) is 2.33. The van der Waals surface area contributed by atoms with Gasteiger partial charge < -0.3 is 9.64 Å². The lowest BCUT2D eigenvalue weighted by Gasteiger charge is -2.22. The molecule has 0 radical (unpaired) electrons. The van der Waals surface area contributed by atoms with Gasteiger partial charge in [-0.05, 0) is 23.1 Å². The van der Waals surface area contributed by atoms with Crippen LogP contribution < -0.4 is 4.74 Å². The van der Waals surface area contributed by atoms with Gasteiger partial charge in [-0.25, -0.2) is 0 Å². The van der Waals surface area contributed by atoms with Crippen LogP contribution in [0.1, 0.15) is 31.9 Å². The summed E-state index contributed by atoms with van der Waals surface area (Å²) in [5, 5.41) is 0. The Labute approximate surface area is 117 Å². The number of rotatable bonds is 3. The molecule has 0 aromatic heterocycles. The molecule has 1 amide bonds. The van der Waals surface area contributed by atoms with Crippen LogP contribution >= 0.6 is 15.9 Å². The van der Waals surface area contributed by atoms with E-state index in [0.717, 1.165) is 11.3 Å².